The maximum atomic E-state index is 13.8. The van der Waals surface area contributed by atoms with Crippen molar-refractivity contribution >= 4 is 13.8 Å². The summed E-state index contributed by atoms with van der Waals surface area (Å²) in [6.07, 6.45) is -22.4. The first-order chi connectivity index (χ1) is 18.1. The Morgan fingerprint density at radius 1 is 0.738 bits per heavy atom. The molecule has 0 aliphatic rings. The number of carbonyl (C=O) groups excluding carboxylic acids is 1. The largest absolute Gasteiger partial charge is 0.477 e. The molecule has 0 amide bonds. The number of hydrogen-bond acceptors (Lipinski definition) is 6. The van der Waals surface area contributed by atoms with Crippen molar-refractivity contribution < 1.29 is 108 Å². The van der Waals surface area contributed by atoms with E-state index >= 15 is 0 Å². The number of aliphatic hydroxyl groups is 1. The van der Waals surface area contributed by atoms with Gasteiger partial charge in [-0.3, -0.25) is 4.52 Å². The summed E-state index contributed by atoms with van der Waals surface area (Å²) in [5.41, 5.74) is -0.313. The number of phosphoric acid groups is 1. The Kier molecular flexibility index (Phi) is 11.7. The second-order valence-corrected chi connectivity index (χ2v) is 9.47. The molecule has 7 nitrogen and oxygen atoms in total. The molecule has 0 bridgehead atoms. The fraction of sp³-hybridized carbons (Fsp3) is 0.824. The molecular formula is C17H16F17O7P. The summed E-state index contributed by atoms with van der Waals surface area (Å²) in [6, 6.07) is 0. The molecule has 2 unspecified atom stereocenters. The smallest absolute Gasteiger partial charge is 0.460 e. The van der Waals surface area contributed by atoms with Crippen molar-refractivity contribution in [2.24, 2.45) is 0 Å². The Hall–Kier alpha value is -1.91. The van der Waals surface area contributed by atoms with Crippen LogP contribution in [0.1, 0.15) is 19.8 Å². The van der Waals surface area contributed by atoms with E-state index in [2.05, 4.69) is 20.4 Å². The zero-order valence-electron chi connectivity index (χ0n) is 19.9. The fourth-order valence-corrected chi connectivity index (χ4v) is 3.03. The van der Waals surface area contributed by atoms with Gasteiger partial charge in [0.2, 0.25) is 0 Å². The van der Waals surface area contributed by atoms with Crippen LogP contribution in [0.4, 0.5) is 74.6 Å². The zero-order valence-corrected chi connectivity index (χ0v) is 20.8. The average Bonchev–Trinajstić information content (AvgIpc) is 2.77. The third-order valence-corrected chi connectivity index (χ3v) is 5.48. The van der Waals surface area contributed by atoms with Crippen LogP contribution in [0.2, 0.25) is 0 Å². The van der Waals surface area contributed by atoms with Crippen LogP contribution in [0.5, 0.6) is 0 Å². The van der Waals surface area contributed by atoms with Gasteiger partial charge in [0, 0.05) is 18.4 Å². The number of halogens is 17. The number of phosphoric ester groups is 1. The molecule has 0 saturated carbocycles. The maximum absolute atomic E-state index is 13.8. The molecule has 42 heavy (non-hydrogen) atoms. The quantitative estimate of drug-likeness (QED) is 0.0846. The summed E-state index contributed by atoms with van der Waals surface area (Å²) in [4.78, 5) is 20.1. The number of alkyl halides is 17. The van der Waals surface area contributed by atoms with Crippen LogP contribution in [-0.4, -0.2) is 83.1 Å². The highest BCUT2D eigenvalue weighted by Crippen LogP contribution is 2.64. The summed E-state index contributed by atoms with van der Waals surface area (Å²) in [5, 5.41) is 9.30. The Balaban J connectivity index is 6.15. The molecule has 0 fully saturated rings. The topological polar surface area (TPSA) is 102 Å². The van der Waals surface area contributed by atoms with Gasteiger partial charge in [-0.15, -0.1) is 0 Å². The lowest BCUT2D eigenvalue weighted by Gasteiger charge is -2.42. The lowest BCUT2D eigenvalue weighted by atomic mass is 9.89. The monoisotopic (exact) mass is 686 g/mol. The van der Waals surface area contributed by atoms with Crippen molar-refractivity contribution in [3.8, 4) is 0 Å². The molecular weight excluding hydrogens is 670 g/mol. The van der Waals surface area contributed by atoms with E-state index in [0.29, 0.717) is 0 Å². The fourth-order valence-electron chi connectivity index (χ4n) is 2.21. The van der Waals surface area contributed by atoms with Crippen LogP contribution in [-0.2, 0) is 23.1 Å². The van der Waals surface area contributed by atoms with E-state index in [1.54, 1.807) is 0 Å². The minimum Gasteiger partial charge on any atom is -0.460 e. The van der Waals surface area contributed by atoms with Gasteiger partial charge < -0.3 is 14.7 Å². The first-order valence-electron chi connectivity index (χ1n) is 10.0. The van der Waals surface area contributed by atoms with E-state index in [0.717, 1.165) is 6.92 Å². The molecule has 250 valence electrons. The molecule has 0 radical (unpaired) electrons. The number of esters is 1. The molecule has 2 atom stereocenters. The number of rotatable bonds is 16. The highest BCUT2D eigenvalue weighted by atomic mass is 31.2. The first kappa shape index (κ1) is 40.1. The van der Waals surface area contributed by atoms with Crippen LogP contribution < -0.4 is 0 Å². The number of ether oxygens (including phenoxy) is 1. The Labute approximate surface area is 221 Å². The second kappa shape index (κ2) is 12.2. The average molecular weight is 686 g/mol. The normalized spacial score (nSPS) is 17.0. The molecule has 0 saturated heterocycles. The number of hydrogen-bond donors (Lipinski definition) is 2. The molecule has 0 aromatic rings. The van der Waals surface area contributed by atoms with E-state index in [1.807, 2.05) is 0 Å². The van der Waals surface area contributed by atoms with Crippen LogP contribution >= 0.6 is 7.82 Å². The number of aliphatic hydroxyl groups excluding tert-OH is 1. The standard InChI is InChI=1S/C17H16F17O7P/c1-7(2)9(36)39-5-8(35)6-40-42(37,38)41-17(33,34)16(31,32)15(29,30)14(27,28)13(25,26)12(23,24)10(18,19)3-4-11(20,21)22/h8,35H,1,3-6H2,2H3,(H,37,38). The van der Waals surface area contributed by atoms with Gasteiger partial charge in [0.1, 0.15) is 12.7 Å². The maximum Gasteiger partial charge on any atom is 0.477 e. The van der Waals surface area contributed by atoms with E-state index < -0.39 is 93.8 Å². The van der Waals surface area contributed by atoms with Gasteiger partial charge >= 0.3 is 61.6 Å². The van der Waals surface area contributed by atoms with E-state index in [4.69, 9.17) is 4.89 Å². The Morgan fingerprint density at radius 3 is 1.55 bits per heavy atom. The highest BCUT2D eigenvalue weighted by Gasteiger charge is 2.93. The lowest BCUT2D eigenvalue weighted by Crippen LogP contribution is -2.73. The predicted octanol–water partition coefficient (Wildman–Crippen LogP) is 6.35. The molecule has 2 N–H and O–H groups in total. The minimum atomic E-state index is -8.69. The molecule has 0 aliphatic heterocycles. The predicted molar refractivity (Wildman–Crippen MR) is 98.6 cm³/mol. The van der Waals surface area contributed by atoms with Gasteiger partial charge in [0.25, 0.3) is 0 Å². The van der Waals surface area contributed by atoms with Crippen molar-refractivity contribution in [3.63, 3.8) is 0 Å². The molecule has 0 aromatic heterocycles. The molecule has 0 aromatic carbocycles. The third-order valence-electron chi connectivity index (χ3n) is 4.54. The van der Waals surface area contributed by atoms with Gasteiger partial charge in [-0.05, 0) is 6.92 Å². The van der Waals surface area contributed by atoms with Gasteiger partial charge in [0.05, 0.1) is 6.61 Å². The van der Waals surface area contributed by atoms with E-state index in [9.17, 15) is 89.1 Å². The minimum absolute atomic E-state index is 0.313. The third kappa shape index (κ3) is 8.17. The zero-order chi connectivity index (χ0) is 34.2. The highest BCUT2D eigenvalue weighted by molar-refractivity contribution is 7.47. The molecule has 0 aliphatic carbocycles. The van der Waals surface area contributed by atoms with Crippen LogP contribution in [0.15, 0.2) is 12.2 Å². The van der Waals surface area contributed by atoms with Crippen LogP contribution in [0.3, 0.4) is 0 Å². The van der Waals surface area contributed by atoms with Crippen molar-refractivity contribution in [2.75, 3.05) is 13.2 Å². The van der Waals surface area contributed by atoms with Gasteiger partial charge in [-0.2, -0.15) is 74.6 Å². The van der Waals surface area contributed by atoms with Gasteiger partial charge in [-0.25, -0.2) is 13.9 Å². The number of carbonyl (C=O) groups is 1. The Bertz CT molecular complexity index is 1030. The molecule has 0 rings (SSSR count). The van der Waals surface area contributed by atoms with E-state index in [1.165, 1.54) is 0 Å². The summed E-state index contributed by atoms with van der Waals surface area (Å²) >= 11 is 0. The summed E-state index contributed by atoms with van der Waals surface area (Å²) in [5.74, 6) is -50.4. The summed E-state index contributed by atoms with van der Waals surface area (Å²) < 4.78 is 249. The van der Waals surface area contributed by atoms with Crippen molar-refractivity contribution in [3.05, 3.63) is 12.2 Å². The SMILES string of the molecule is C=C(C)C(=O)OCC(O)COP(=O)(O)OC(F)(F)C(F)(F)C(F)(F)C(F)(F)C(F)(F)C(F)(F)C(F)(F)CCC(F)(F)F. The van der Waals surface area contributed by atoms with Gasteiger partial charge in [-0.1, -0.05) is 6.58 Å². The van der Waals surface area contributed by atoms with Gasteiger partial charge in [0.15, 0.2) is 0 Å². The second-order valence-electron chi connectivity index (χ2n) is 8.10. The van der Waals surface area contributed by atoms with Crippen molar-refractivity contribution in [1.29, 1.82) is 0 Å². The summed E-state index contributed by atoms with van der Waals surface area (Å²) in [7, 11) is -6.97. The van der Waals surface area contributed by atoms with Crippen molar-refractivity contribution in [1.82, 2.24) is 0 Å². The van der Waals surface area contributed by atoms with Crippen LogP contribution in [0.25, 0.3) is 0 Å². The van der Waals surface area contributed by atoms with E-state index in [-0.39, 0.29) is 5.57 Å². The van der Waals surface area contributed by atoms with Crippen molar-refractivity contribution in [2.45, 2.75) is 73.7 Å². The van der Waals surface area contributed by atoms with Crippen LogP contribution in [0, 0.1) is 0 Å². The molecule has 0 spiro atoms. The lowest BCUT2D eigenvalue weighted by molar-refractivity contribution is -0.459. The molecule has 0 heterocycles. The molecule has 25 heteroatoms. The first-order valence-corrected chi connectivity index (χ1v) is 11.5. The Morgan fingerprint density at radius 2 is 1.14 bits per heavy atom. The summed E-state index contributed by atoms with van der Waals surface area (Å²) in [6.45, 7) is 1.05.